The molecule has 1 amide bonds. The predicted molar refractivity (Wildman–Crippen MR) is 60.0 cm³/mol. The van der Waals surface area contributed by atoms with E-state index >= 15 is 0 Å². The van der Waals surface area contributed by atoms with Gasteiger partial charge >= 0.3 is 0 Å². The molecule has 2 bridgehead atoms. The first kappa shape index (κ1) is 10.2. The molecule has 78 valence electrons. The zero-order chi connectivity index (χ0) is 10.6. The number of alkyl halides is 1. The smallest absolute Gasteiger partial charge is 0.227 e. The second-order valence-electron chi connectivity index (χ2n) is 4.92. The summed E-state index contributed by atoms with van der Waals surface area (Å²) in [6.45, 7) is 6.32. The van der Waals surface area contributed by atoms with Gasteiger partial charge < -0.3 is 5.73 Å². The van der Waals surface area contributed by atoms with Crippen LogP contribution < -0.4 is 5.73 Å². The molecule has 0 aliphatic heterocycles. The highest BCUT2D eigenvalue weighted by molar-refractivity contribution is 9.09. The number of halogens is 1. The zero-order valence-electron chi connectivity index (χ0n) is 8.48. The van der Waals surface area contributed by atoms with Gasteiger partial charge in [0.05, 0.1) is 5.41 Å². The van der Waals surface area contributed by atoms with Crippen LogP contribution in [0.25, 0.3) is 0 Å². The predicted octanol–water partition coefficient (Wildman–Crippen LogP) is 2.23. The third-order valence-corrected chi connectivity index (χ3v) is 5.60. The van der Waals surface area contributed by atoms with Crippen LogP contribution in [0.2, 0.25) is 0 Å². The molecule has 2 aliphatic carbocycles. The fraction of sp³-hybridized carbons (Fsp3) is 0.727. The van der Waals surface area contributed by atoms with Crippen molar-refractivity contribution >= 4 is 21.8 Å². The van der Waals surface area contributed by atoms with Gasteiger partial charge in [-0.2, -0.15) is 0 Å². The van der Waals surface area contributed by atoms with Crippen molar-refractivity contribution in [3.63, 3.8) is 0 Å². The van der Waals surface area contributed by atoms with Gasteiger partial charge in [0.15, 0.2) is 0 Å². The molecule has 2 saturated carbocycles. The Kier molecular flexibility index (Phi) is 2.08. The van der Waals surface area contributed by atoms with Crippen molar-refractivity contribution in [3.05, 3.63) is 12.2 Å². The number of nitrogens with two attached hydrogens (primary N) is 1. The summed E-state index contributed by atoms with van der Waals surface area (Å²) in [4.78, 5) is 11.5. The largest absolute Gasteiger partial charge is 0.369 e. The molecule has 0 aromatic heterocycles. The molecule has 2 N–H and O–H groups in total. The van der Waals surface area contributed by atoms with E-state index in [9.17, 15) is 4.79 Å². The van der Waals surface area contributed by atoms with Crippen LogP contribution in [0.3, 0.4) is 0 Å². The van der Waals surface area contributed by atoms with Crippen LogP contribution >= 0.6 is 15.9 Å². The van der Waals surface area contributed by atoms with Crippen LogP contribution in [0.1, 0.15) is 26.2 Å². The van der Waals surface area contributed by atoms with Gasteiger partial charge in [-0.3, -0.25) is 4.79 Å². The molecule has 2 fully saturated rings. The second-order valence-corrected chi connectivity index (χ2v) is 5.48. The van der Waals surface area contributed by atoms with E-state index in [-0.39, 0.29) is 16.7 Å². The number of hydrogen-bond acceptors (Lipinski definition) is 1. The van der Waals surface area contributed by atoms with Crippen molar-refractivity contribution in [3.8, 4) is 0 Å². The molecule has 2 aliphatic rings. The summed E-state index contributed by atoms with van der Waals surface area (Å²) in [5.41, 5.74) is 6.28. The van der Waals surface area contributed by atoms with Gasteiger partial charge in [-0.05, 0) is 25.2 Å². The average Bonchev–Trinajstić information content (AvgIpc) is 2.67. The molecule has 3 heteroatoms. The minimum atomic E-state index is -0.382. The Hall–Kier alpha value is -0.310. The lowest BCUT2D eigenvalue weighted by atomic mass is 9.68. The van der Waals surface area contributed by atoms with Gasteiger partial charge in [0.2, 0.25) is 5.91 Å². The number of carbonyl (C=O) groups is 1. The lowest BCUT2D eigenvalue weighted by molar-refractivity contribution is -0.125. The maximum absolute atomic E-state index is 11.5. The van der Waals surface area contributed by atoms with Gasteiger partial charge in [-0.15, -0.1) is 0 Å². The van der Waals surface area contributed by atoms with E-state index in [1.807, 2.05) is 0 Å². The lowest BCUT2D eigenvalue weighted by Gasteiger charge is -2.37. The Bertz CT molecular complexity index is 314. The Balaban J connectivity index is 2.44. The number of hydrogen-bond donors (Lipinski definition) is 1. The van der Waals surface area contributed by atoms with E-state index in [1.54, 1.807) is 0 Å². The maximum atomic E-state index is 11.5. The average molecular weight is 258 g/mol. The number of fused-ring (bicyclic) bond motifs is 2. The third-order valence-electron chi connectivity index (χ3n) is 4.43. The lowest BCUT2D eigenvalue weighted by Crippen LogP contribution is -2.39. The van der Waals surface area contributed by atoms with Crippen LogP contribution in [-0.2, 0) is 4.79 Å². The summed E-state index contributed by atoms with van der Waals surface area (Å²) in [5, 5.41) is 0.887. The summed E-state index contributed by atoms with van der Waals surface area (Å²) in [5.74, 6) is 0.413. The highest BCUT2D eigenvalue weighted by Crippen LogP contribution is 2.65. The van der Waals surface area contributed by atoms with E-state index in [0.717, 1.165) is 30.2 Å². The molecule has 14 heavy (non-hydrogen) atoms. The van der Waals surface area contributed by atoms with Crippen LogP contribution in [-0.4, -0.2) is 11.2 Å². The summed E-state index contributed by atoms with van der Waals surface area (Å²) in [6, 6.07) is 0. The van der Waals surface area contributed by atoms with E-state index in [2.05, 4.69) is 29.4 Å². The van der Waals surface area contributed by atoms with Gasteiger partial charge in [0.25, 0.3) is 0 Å². The van der Waals surface area contributed by atoms with Gasteiger partial charge in [-0.1, -0.05) is 35.0 Å². The molecule has 0 aromatic rings. The topological polar surface area (TPSA) is 43.1 Å². The summed E-state index contributed by atoms with van der Waals surface area (Å²) in [7, 11) is 0. The first-order valence-electron chi connectivity index (χ1n) is 5.03. The van der Waals surface area contributed by atoms with E-state index in [4.69, 9.17) is 5.73 Å². The number of rotatable bonds is 2. The molecule has 0 saturated heterocycles. The normalized spacial score (nSPS) is 45.9. The first-order chi connectivity index (χ1) is 6.47. The number of carbonyl (C=O) groups excluding carboxylic acids is 1. The summed E-state index contributed by atoms with van der Waals surface area (Å²) in [6.07, 6.45) is 2.95. The van der Waals surface area contributed by atoms with E-state index in [0.29, 0.717) is 5.92 Å². The minimum Gasteiger partial charge on any atom is -0.369 e. The Morgan fingerprint density at radius 3 is 2.79 bits per heavy atom. The highest BCUT2D eigenvalue weighted by atomic mass is 79.9. The molecule has 0 spiro atoms. The first-order valence-corrected chi connectivity index (χ1v) is 6.15. The molecular formula is C11H16BrNO. The molecule has 0 radical (unpaired) electrons. The molecule has 0 aromatic carbocycles. The van der Waals surface area contributed by atoms with Crippen molar-refractivity contribution in [2.75, 3.05) is 5.33 Å². The molecule has 2 rings (SSSR count). The fourth-order valence-electron chi connectivity index (χ4n) is 3.22. The molecular weight excluding hydrogens is 242 g/mol. The Labute approximate surface area is 93.1 Å². The summed E-state index contributed by atoms with van der Waals surface area (Å²) >= 11 is 3.53. The van der Waals surface area contributed by atoms with Crippen LogP contribution in [0.4, 0.5) is 0 Å². The van der Waals surface area contributed by atoms with Crippen molar-refractivity contribution in [1.29, 1.82) is 0 Å². The monoisotopic (exact) mass is 257 g/mol. The zero-order valence-corrected chi connectivity index (χ0v) is 10.1. The number of amides is 1. The van der Waals surface area contributed by atoms with Crippen molar-refractivity contribution in [2.45, 2.75) is 26.2 Å². The molecule has 2 nitrogen and oxygen atoms in total. The SMILES string of the molecule is C=C1[C@]2(C(N)=O)CC[C@H](C2)[C@]1(C)CBr. The van der Waals surface area contributed by atoms with Crippen molar-refractivity contribution in [1.82, 2.24) is 0 Å². The van der Waals surface area contributed by atoms with Gasteiger partial charge in [-0.25, -0.2) is 0 Å². The standard InChI is InChI=1S/C11H16BrNO/c1-7-10(2,6-12)8-3-4-11(7,5-8)9(13)14/h8H,1,3-6H2,2H3,(H2,13,14)/t8-,10-,11+/m1/s1. The van der Waals surface area contributed by atoms with E-state index in [1.165, 1.54) is 0 Å². The quantitative estimate of drug-likeness (QED) is 0.599. The van der Waals surface area contributed by atoms with Crippen LogP contribution in [0.15, 0.2) is 12.2 Å². The minimum absolute atomic E-state index is 0.0767. The van der Waals surface area contributed by atoms with Gasteiger partial charge in [0, 0.05) is 10.7 Å². The Morgan fingerprint density at radius 2 is 2.43 bits per heavy atom. The summed E-state index contributed by atoms with van der Waals surface area (Å²) < 4.78 is 0. The fourth-order valence-corrected chi connectivity index (χ4v) is 4.01. The van der Waals surface area contributed by atoms with Crippen LogP contribution in [0, 0.1) is 16.7 Å². The molecule has 0 unspecified atom stereocenters. The molecule has 0 heterocycles. The van der Waals surface area contributed by atoms with Crippen molar-refractivity contribution < 1.29 is 4.79 Å². The molecule has 3 atom stereocenters. The van der Waals surface area contributed by atoms with Gasteiger partial charge in [0.1, 0.15) is 0 Å². The maximum Gasteiger partial charge on any atom is 0.227 e. The number of primary amides is 1. The Morgan fingerprint density at radius 1 is 1.79 bits per heavy atom. The van der Waals surface area contributed by atoms with E-state index < -0.39 is 0 Å². The second kappa shape index (κ2) is 2.84. The third kappa shape index (κ3) is 0.940. The highest BCUT2D eigenvalue weighted by Gasteiger charge is 2.61. The van der Waals surface area contributed by atoms with Crippen LogP contribution in [0.5, 0.6) is 0 Å². The van der Waals surface area contributed by atoms with Crippen molar-refractivity contribution in [2.24, 2.45) is 22.5 Å².